The average molecular weight is 337 g/mol. The standard InChI is InChI=1S/C11H10Cl2N2O4S/c1-2-20(18,19)4-5-8(13)6(12)3-7-9(5)15-11(17)10(16)14-7/h3H,2,4H2,1H3,(H,14,16)(H,15,17). The van der Waals surface area contributed by atoms with Crippen LogP contribution in [-0.4, -0.2) is 24.1 Å². The number of rotatable bonds is 3. The van der Waals surface area contributed by atoms with Gasteiger partial charge in [0.1, 0.15) is 0 Å². The SMILES string of the molecule is CCS(=O)(=O)Cc1c(Cl)c(Cl)cc2[nH]c(=O)c(=O)[nH]c12. The maximum atomic E-state index is 11.8. The first-order valence-electron chi connectivity index (χ1n) is 5.58. The van der Waals surface area contributed by atoms with Crippen LogP contribution in [0, 0.1) is 0 Å². The van der Waals surface area contributed by atoms with Crippen molar-refractivity contribution < 1.29 is 8.42 Å². The predicted octanol–water partition coefficient (Wildman–Crippen LogP) is 1.46. The summed E-state index contributed by atoms with van der Waals surface area (Å²) in [4.78, 5) is 27.3. The van der Waals surface area contributed by atoms with Crippen molar-refractivity contribution in [1.29, 1.82) is 0 Å². The Morgan fingerprint density at radius 2 is 1.75 bits per heavy atom. The first kappa shape index (κ1) is 15.1. The smallest absolute Gasteiger partial charge is 0.314 e. The van der Waals surface area contributed by atoms with Crippen LogP contribution >= 0.6 is 23.2 Å². The van der Waals surface area contributed by atoms with Crippen molar-refractivity contribution in [3.05, 3.63) is 42.4 Å². The number of fused-ring (bicyclic) bond motifs is 1. The monoisotopic (exact) mass is 336 g/mol. The molecule has 0 unspecified atom stereocenters. The van der Waals surface area contributed by atoms with Gasteiger partial charge in [-0.15, -0.1) is 0 Å². The van der Waals surface area contributed by atoms with Gasteiger partial charge in [0, 0.05) is 11.3 Å². The highest BCUT2D eigenvalue weighted by Gasteiger charge is 2.18. The summed E-state index contributed by atoms with van der Waals surface area (Å²) in [5.41, 5.74) is -1.16. The Hall–Kier alpha value is -1.31. The number of aromatic amines is 2. The normalized spacial score (nSPS) is 11.9. The number of hydrogen-bond donors (Lipinski definition) is 2. The second-order valence-electron chi connectivity index (χ2n) is 4.16. The fourth-order valence-corrected chi connectivity index (χ4v) is 3.18. The minimum absolute atomic E-state index is 0.0406. The van der Waals surface area contributed by atoms with Crippen LogP contribution in [0.5, 0.6) is 0 Å². The second-order valence-corrected chi connectivity index (χ2v) is 7.30. The van der Waals surface area contributed by atoms with Crippen LogP contribution in [0.25, 0.3) is 11.0 Å². The van der Waals surface area contributed by atoms with Crippen LogP contribution in [0.4, 0.5) is 0 Å². The van der Waals surface area contributed by atoms with Gasteiger partial charge in [-0.3, -0.25) is 9.59 Å². The van der Waals surface area contributed by atoms with Gasteiger partial charge in [0.25, 0.3) is 0 Å². The van der Waals surface area contributed by atoms with Gasteiger partial charge >= 0.3 is 11.1 Å². The van der Waals surface area contributed by atoms with E-state index in [1.54, 1.807) is 0 Å². The van der Waals surface area contributed by atoms with Crippen LogP contribution in [0.3, 0.4) is 0 Å². The predicted molar refractivity (Wildman–Crippen MR) is 78.4 cm³/mol. The molecule has 2 aromatic rings. The highest BCUT2D eigenvalue weighted by Crippen LogP contribution is 2.32. The van der Waals surface area contributed by atoms with Crippen molar-refractivity contribution in [2.75, 3.05) is 5.75 Å². The number of halogens is 2. The first-order valence-corrected chi connectivity index (χ1v) is 8.16. The lowest BCUT2D eigenvalue weighted by atomic mass is 10.2. The minimum Gasteiger partial charge on any atom is -0.316 e. The Bertz CT molecular complexity index is 899. The number of nitrogens with one attached hydrogen (secondary N) is 2. The fourth-order valence-electron chi connectivity index (χ4n) is 1.73. The molecule has 0 saturated carbocycles. The first-order chi connectivity index (χ1) is 9.25. The molecule has 1 aromatic heterocycles. The topological polar surface area (TPSA) is 99.9 Å². The lowest BCUT2D eigenvalue weighted by Gasteiger charge is -2.10. The van der Waals surface area contributed by atoms with Crippen molar-refractivity contribution in [2.45, 2.75) is 12.7 Å². The molecule has 0 aliphatic rings. The molecule has 0 aliphatic carbocycles. The van der Waals surface area contributed by atoms with Crippen LogP contribution in [0.1, 0.15) is 12.5 Å². The maximum absolute atomic E-state index is 11.8. The van der Waals surface area contributed by atoms with Crippen LogP contribution < -0.4 is 11.1 Å². The van der Waals surface area contributed by atoms with E-state index in [2.05, 4.69) is 9.97 Å². The largest absolute Gasteiger partial charge is 0.316 e. The molecule has 2 rings (SSSR count). The third-order valence-corrected chi connectivity index (χ3v) is 5.25. The van der Waals surface area contributed by atoms with E-state index >= 15 is 0 Å². The molecule has 0 fully saturated rings. The highest BCUT2D eigenvalue weighted by molar-refractivity contribution is 7.90. The van der Waals surface area contributed by atoms with Gasteiger partial charge in [-0.2, -0.15) is 0 Å². The zero-order valence-corrected chi connectivity index (χ0v) is 12.6. The summed E-state index contributed by atoms with van der Waals surface area (Å²) in [6.07, 6.45) is 0. The summed E-state index contributed by atoms with van der Waals surface area (Å²) in [5.74, 6) is -0.452. The molecule has 9 heteroatoms. The molecule has 1 heterocycles. The number of hydrogen-bond acceptors (Lipinski definition) is 4. The number of aromatic nitrogens is 2. The van der Waals surface area contributed by atoms with Gasteiger partial charge in [0.15, 0.2) is 9.84 Å². The molecule has 0 spiro atoms. The van der Waals surface area contributed by atoms with E-state index in [-0.39, 0.29) is 38.1 Å². The summed E-state index contributed by atoms with van der Waals surface area (Å²) >= 11 is 11.9. The number of sulfone groups is 1. The molecule has 0 aliphatic heterocycles. The Morgan fingerprint density at radius 3 is 2.35 bits per heavy atom. The highest BCUT2D eigenvalue weighted by atomic mass is 35.5. The number of benzene rings is 1. The van der Waals surface area contributed by atoms with Crippen molar-refractivity contribution in [2.24, 2.45) is 0 Å². The molecule has 108 valence electrons. The Morgan fingerprint density at radius 1 is 1.15 bits per heavy atom. The molecule has 6 nitrogen and oxygen atoms in total. The Balaban J connectivity index is 2.87. The van der Waals surface area contributed by atoms with Crippen LogP contribution in [0.15, 0.2) is 15.7 Å². The van der Waals surface area contributed by atoms with E-state index in [0.717, 1.165) is 0 Å². The Labute approximate surface area is 123 Å². The maximum Gasteiger partial charge on any atom is 0.314 e. The summed E-state index contributed by atoms with van der Waals surface area (Å²) in [6.45, 7) is 1.50. The molecule has 0 bridgehead atoms. The molecule has 20 heavy (non-hydrogen) atoms. The van der Waals surface area contributed by atoms with E-state index in [4.69, 9.17) is 23.2 Å². The van der Waals surface area contributed by atoms with E-state index in [0.29, 0.717) is 0 Å². The molecular weight excluding hydrogens is 327 g/mol. The van der Waals surface area contributed by atoms with Gasteiger partial charge in [-0.05, 0) is 6.07 Å². The fraction of sp³-hybridized carbons (Fsp3) is 0.273. The lowest BCUT2D eigenvalue weighted by molar-refractivity contribution is 0.596. The van der Waals surface area contributed by atoms with Gasteiger partial charge in [0.2, 0.25) is 0 Å². The quantitative estimate of drug-likeness (QED) is 0.828. The summed E-state index contributed by atoms with van der Waals surface area (Å²) < 4.78 is 23.5. The zero-order chi connectivity index (χ0) is 15.1. The third kappa shape index (κ3) is 2.74. The lowest BCUT2D eigenvalue weighted by Crippen LogP contribution is -2.29. The van der Waals surface area contributed by atoms with E-state index in [1.165, 1.54) is 13.0 Å². The van der Waals surface area contributed by atoms with Gasteiger partial charge < -0.3 is 9.97 Å². The van der Waals surface area contributed by atoms with Gasteiger partial charge in [-0.25, -0.2) is 8.42 Å². The minimum atomic E-state index is -3.38. The van der Waals surface area contributed by atoms with Crippen molar-refractivity contribution >= 4 is 44.1 Å². The van der Waals surface area contributed by atoms with E-state index in [9.17, 15) is 18.0 Å². The summed E-state index contributed by atoms with van der Waals surface area (Å²) in [7, 11) is -3.38. The van der Waals surface area contributed by atoms with Crippen LogP contribution in [0.2, 0.25) is 10.0 Å². The van der Waals surface area contributed by atoms with Gasteiger partial charge in [-0.1, -0.05) is 30.1 Å². The Kier molecular flexibility index (Phi) is 3.95. The van der Waals surface area contributed by atoms with Gasteiger partial charge in [0.05, 0.1) is 26.8 Å². The third-order valence-electron chi connectivity index (χ3n) is 2.81. The van der Waals surface area contributed by atoms with Crippen molar-refractivity contribution in [3.8, 4) is 0 Å². The van der Waals surface area contributed by atoms with Crippen LogP contribution in [-0.2, 0) is 15.6 Å². The summed E-state index contributed by atoms with van der Waals surface area (Å²) in [5, 5.41) is 0.141. The molecule has 1 aromatic carbocycles. The van der Waals surface area contributed by atoms with E-state index < -0.39 is 21.0 Å². The average Bonchev–Trinajstić information content (AvgIpc) is 2.38. The van der Waals surface area contributed by atoms with Crippen molar-refractivity contribution in [1.82, 2.24) is 9.97 Å². The number of H-pyrrole nitrogens is 2. The molecule has 0 saturated heterocycles. The van der Waals surface area contributed by atoms with E-state index in [1.807, 2.05) is 0 Å². The van der Waals surface area contributed by atoms with Crippen molar-refractivity contribution in [3.63, 3.8) is 0 Å². The summed E-state index contributed by atoms with van der Waals surface area (Å²) in [6, 6.07) is 1.36. The molecule has 0 radical (unpaired) electrons. The molecule has 0 amide bonds. The molecular formula is C11H10Cl2N2O4S. The molecule has 0 atom stereocenters. The molecule has 2 N–H and O–H groups in total. The second kappa shape index (κ2) is 5.23. The zero-order valence-electron chi connectivity index (χ0n) is 10.3.